The van der Waals surface area contributed by atoms with Crippen LogP contribution in [0.2, 0.25) is 0 Å². The van der Waals surface area contributed by atoms with Gasteiger partial charge < -0.3 is 9.94 Å². The van der Waals surface area contributed by atoms with Crippen LogP contribution in [0.4, 0.5) is 4.39 Å². The summed E-state index contributed by atoms with van der Waals surface area (Å²) in [6, 6.07) is 4.66. The van der Waals surface area contributed by atoms with Crippen molar-refractivity contribution >= 4 is 21.6 Å². The summed E-state index contributed by atoms with van der Waals surface area (Å²) in [6.45, 7) is 1.71. The maximum absolute atomic E-state index is 13.4. The predicted octanol–water partition coefficient (Wildman–Crippen LogP) is 3.36. The minimum atomic E-state index is -0.339. The zero-order valence-electron chi connectivity index (χ0n) is 13.4. The second-order valence-corrected chi connectivity index (χ2v) is 7.86. The van der Waals surface area contributed by atoms with Gasteiger partial charge in [-0.3, -0.25) is 0 Å². The number of oxime groups is 1. The number of nitrogens with zero attached hydrogens (tertiary/aromatic N) is 3. The summed E-state index contributed by atoms with van der Waals surface area (Å²) < 4.78 is 23.9. The van der Waals surface area contributed by atoms with Gasteiger partial charge in [0, 0.05) is 11.8 Å². The maximum atomic E-state index is 13.4. The van der Waals surface area contributed by atoms with Crippen molar-refractivity contribution < 1.29 is 19.0 Å². The lowest BCUT2D eigenvalue weighted by atomic mass is 9.59. The van der Waals surface area contributed by atoms with Crippen molar-refractivity contribution in [2.45, 2.75) is 25.7 Å². The van der Waals surface area contributed by atoms with Gasteiger partial charge in [-0.15, -0.1) is 0 Å². The molecule has 2 aromatic rings. The summed E-state index contributed by atoms with van der Waals surface area (Å²) in [5, 5.41) is 20.7. The lowest BCUT2D eigenvalue weighted by Crippen LogP contribution is -2.52. The molecule has 0 radical (unpaired) electrons. The van der Waals surface area contributed by atoms with Crippen molar-refractivity contribution in [1.82, 2.24) is 10.3 Å². The second-order valence-electron chi connectivity index (χ2n) is 7.00. The summed E-state index contributed by atoms with van der Waals surface area (Å²) in [5.41, 5.74) is 2.71. The molecule has 1 N–H and O–H groups in total. The number of aromatic nitrogens is 2. The van der Waals surface area contributed by atoms with Crippen LogP contribution in [-0.4, -0.2) is 34.4 Å². The Hall–Kier alpha value is -1.80. The van der Waals surface area contributed by atoms with Gasteiger partial charge in [0.05, 0.1) is 17.7 Å². The third kappa shape index (κ3) is 3.20. The van der Waals surface area contributed by atoms with E-state index in [2.05, 4.69) is 31.4 Å². The van der Waals surface area contributed by atoms with Gasteiger partial charge in [-0.05, 0) is 64.0 Å². The molecule has 1 aromatic heterocycles. The Kier molecular flexibility index (Phi) is 4.33. The minimum absolute atomic E-state index is 0.305. The van der Waals surface area contributed by atoms with Crippen LogP contribution < -0.4 is 0 Å². The molecular formula is C17H17BrFN3O3. The lowest BCUT2D eigenvalue weighted by Gasteiger charge is -2.53. The van der Waals surface area contributed by atoms with Gasteiger partial charge in [0.15, 0.2) is 5.69 Å². The normalized spacial score (nSPS) is 19.7. The van der Waals surface area contributed by atoms with Crippen molar-refractivity contribution in [2.75, 3.05) is 13.2 Å². The van der Waals surface area contributed by atoms with Crippen LogP contribution >= 0.6 is 15.9 Å². The van der Waals surface area contributed by atoms with E-state index in [4.69, 9.17) is 9.37 Å². The Labute approximate surface area is 152 Å². The summed E-state index contributed by atoms with van der Waals surface area (Å²) in [7, 11) is 0. The third-order valence-corrected chi connectivity index (χ3v) is 5.66. The number of halogens is 2. The van der Waals surface area contributed by atoms with Crippen LogP contribution in [0.1, 0.15) is 29.8 Å². The Bertz CT molecular complexity index is 811. The van der Waals surface area contributed by atoms with Crippen molar-refractivity contribution in [1.29, 1.82) is 0 Å². The second kappa shape index (κ2) is 6.49. The van der Waals surface area contributed by atoms with Crippen LogP contribution in [0, 0.1) is 17.2 Å². The standard InChI is InChI=1S/C17H17BrFN3O3/c18-12-3-10(1-2-13(12)19)4-14(20-23)16-15(21-25-22-16)5-11-6-17(7-11)8-24-9-17/h1-3,11,23H,4-9H2. The lowest BCUT2D eigenvalue weighted by molar-refractivity contribution is -0.178. The van der Waals surface area contributed by atoms with E-state index in [1.54, 1.807) is 12.1 Å². The number of ether oxygens (including phenoxy) is 1. The molecule has 4 rings (SSSR count). The van der Waals surface area contributed by atoms with E-state index in [1.807, 2.05) is 0 Å². The van der Waals surface area contributed by atoms with E-state index < -0.39 is 0 Å². The average molecular weight is 410 g/mol. The van der Waals surface area contributed by atoms with E-state index in [0.29, 0.717) is 39.3 Å². The Balaban J connectivity index is 1.46. The topological polar surface area (TPSA) is 80.7 Å². The van der Waals surface area contributed by atoms with E-state index in [-0.39, 0.29) is 5.82 Å². The van der Waals surface area contributed by atoms with Gasteiger partial charge in [-0.25, -0.2) is 9.02 Å². The molecule has 0 bridgehead atoms. The molecular weight excluding hydrogens is 393 g/mol. The molecule has 2 heterocycles. The molecule has 132 valence electrons. The largest absolute Gasteiger partial charge is 0.411 e. The highest BCUT2D eigenvalue weighted by Crippen LogP contribution is 2.51. The smallest absolute Gasteiger partial charge is 0.156 e. The molecule has 1 aliphatic carbocycles. The van der Waals surface area contributed by atoms with Gasteiger partial charge >= 0.3 is 0 Å². The third-order valence-electron chi connectivity index (χ3n) is 5.05. The van der Waals surface area contributed by atoms with Crippen LogP contribution in [0.15, 0.2) is 32.5 Å². The fourth-order valence-corrected chi connectivity index (χ4v) is 4.20. The van der Waals surface area contributed by atoms with Crippen molar-refractivity contribution in [3.05, 3.63) is 45.4 Å². The first-order valence-corrected chi connectivity index (χ1v) is 8.92. The molecule has 1 saturated heterocycles. The molecule has 25 heavy (non-hydrogen) atoms. The molecule has 1 aliphatic heterocycles. The predicted molar refractivity (Wildman–Crippen MR) is 90.1 cm³/mol. The van der Waals surface area contributed by atoms with E-state index in [1.165, 1.54) is 6.07 Å². The number of benzene rings is 1. The first-order chi connectivity index (χ1) is 12.1. The monoisotopic (exact) mass is 409 g/mol. The van der Waals surface area contributed by atoms with Crippen molar-refractivity contribution in [2.24, 2.45) is 16.5 Å². The highest BCUT2D eigenvalue weighted by atomic mass is 79.9. The van der Waals surface area contributed by atoms with Crippen molar-refractivity contribution in [3.8, 4) is 0 Å². The Morgan fingerprint density at radius 2 is 2.16 bits per heavy atom. The van der Waals surface area contributed by atoms with Crippen LogP contribution in [-0.2, 0) is 17.6 Å². The number of hydrogen-bond donors (Lipinski definition) is 1. The summed E-state index contributed by atoms with van der Waals surface area (Å²) in [5.74, 6) is 0.184. The quantitative estimate of drug-likeness (QED) is 0.465. The molecule has 0 atom stereocenters. The highest BCUT2D eigenvalue weighted by Gasteiger charge is 2.49. The van der Waals surface area contributed by atoms with Gasteiger partial charge in [-0.1, -0.05) is 16.4 Å². The Morgan fingerprint density at radius 3 is 2.80 bits per heavy atom. The van der Waals surface area contributed by atoms with Crippen LogP contribution in [0.3, 0.4) is 0 Å². The summed E-state index contributed by atoms with van der Waals surface area (Å²) in [4.78, 5) is 0. The molecule has 1 aromatic carbocycles. The van der Waals surface area contributed by atoms with E-state index >= 15 is 0 Å². The summed E-state index contributed by atoms with van der Waals surface area (Å²) in [6.07, 6.45) is 3.29. The van der Waals surface area contributed by atoms with Crippen LogP contribution in [0.25, 0.3) is 0 Å². The maximum Gasteiger partial charge on any atom is 0.156 e. The van der Waals surface area contributed by atoms with Gasteiger partial charge in [0.25, 0.3) is 0 Å². The average Bonchev–Trinajstić information content (AvgIpc) is 2.97. The van der Waals surface area contributed by atoms with Crippen molar-refractivity contribution in [3.63, 3.8) is 0 Å². The molecule has 2 fully saturated rings. The SMILES string of the molecule is ON=C(Cc1ccc(F)c(Br)c1)c1nonc1CC1CC2(COC2)C1. The number of rotatable bonds is 5. The minimum Gasteiger partial charge on any atom is -0.411 e. The number of hydrogen-bond acceptors (Lipinski definition) is 6. The molecule has 8 heteroatoms. The van der Waals surface area contributed by atoms with Crippen LogP contribution in [0.5, 0.6) is 0 Å². The van der Waals surface area contributed by atoms with Gasteiger partial charge in [0.1, 0.15) is 17.2 Å². The molecule has 6 nitrogen and oxygen atoms in total. The first-order valence-electron chi connectivity index (χ1n) is 8.13. The van der Waals surface area contributed by atoms with E-state index in [0.717, 1.165) is 38.0 Å². The first kappa shape index (κ1) is 16.7. The molecule has 2 aliphatic rings. The molecule has 0 unspecified atom stereocenters. The van der Waals surface area contributed by atoms with Gasteiger partial charge in [-0.2, -0.15) is 0 Å². The fourth-order valence-electron chi connectivity index (χ4n) is 3.78. The van der Waals surface area contributed by atoms with Gasteiger partial charge in [0.2, 0.25) is 0 Å². The highest BCUT2D eigenvalue weighted by molar-refractivity contribution is 9.10. The zero-order chi connectivity index (χ0) is 17.4. The molecule has 1 saturated carbocycles. The zero-order valence-corrected chi connectivity index (χ0v) is 15.0. The molecule has 0 amide bonds. The molecule has 1 spiro atoms. The Morgan fingerprint density at radius 1 is 1.36 bits per heavy atom. The van der Waals surface area contributed by atoms with E-state index in [9.17, 15) is 9.60 Å². The summed E-state index contributed by atoms with van der Waals surface area (Å²) >= 11 is 3.16. The fraction of sp³-hybridized carbons (Fsp3) is 0.471.